The Hall–Kier alpha value is -2.33. The Kier molecular flexibility index (Phi) is 5.57. The standard InChI is InChI=1S/C13H9BrN4O/c1-19-8-9-2-3-11(14)4-12(9)18-13(7-17)10(5-15)6-16/h2-4,18H,8H2,1H3. The highest BCUT2D eigenvalue weighted by Gasteiger charge is 2.09. The number of rotatable bonds is 4. The molecule has 1 aromatic carbocycles. The largest absolute Gasteiger partial charge is 0.380 e. The SMILES string of the molecule is COCc1ccc(Br)cc1NC(C#N)=C(C#N)C#N. The number of hydrogen-bond acceptors (Lipinski definition) is 5. The molecule has 0 aliphatic heterocycles. The van der Waals surface area contributed by atoms with E-state index in [0.717, 1.165) is 10.0 Å². The monoisotopic (exact) mass is 316 g/mol. The van der Waals surface area contributed by atoms with Gasteiger partial charge in [-0.1, -0.05) is 22.0 Å². The van der Waals surface area contributed by atoms with Gasteiger partial charge in [-0.3, -0.25) is 0 Å². The van der Waals surface area contributed by atoms with Gasteiger partial charge in [-0.05, 0) is 12.1 Å². The van der Waals surface area contributed by atoms with Crippen LogP contribution in [0.4, 0.5) is 5.69 Å². The van der Waals surface area contributed by atoms with Gasteiger partial charge in [-0.15, -0.1) is 0 Å². The molecule has 0 unspecified atom stereocenters. The minimum absolute atomic E-state index is 0.0829. The molecule has 0 aromatic heterocycles. The molecule has 0 saturated heterocycles. The topological polar surface area (TPSA) is 92.6 Å². The molecular formula is C13H9BrN4O. The molecule has 0 heterocycles. The van der Waals surface area contributed by atoms with Crippen LogP contribution in [-0.4, -0.2) is 7.11 Å². The van der Waals surface area contributed by atoms with Gasteiger partial charge < -0.3 is 10.1 Å². The van der Waals surface area contributed by atoms with Crippen LogP contribution in [0.2, 0.25) is 0 Å². The summed E-state index contributed by atoms with van der Waals surface area (Å²) < 4.78 is 5.86. The summed E-state index contributed by atoms with van der Waals surface area (Å²) in [6, 6.07) is 10.6. The maximum Gasteiger partial charge on any atom is 0.163 e. The molecule has 94 valence electrons. The van der Waals surface area contributed by atoms with Crippen LogP contribution in [0.1, 0.15) is 5.56 Å². The predicted molar refractivity (Wildman–Crippen MR) is 72.3 cm³/mol. The first-order valence-electron chi connectivity index (χ1n) is 5.15. The third kappa shape index (κ3) is 3.82. The summed E-state index contributed by atoms with van der Waals surface area (Å²) in [7, 11) is 1.56. The van der Waals surface area contributed by atoms with E-state index in [-0.39, 0.29) is 11.3 Å². The van der Waals surface area contributed by atoms with E-state index >= 15 is 0 Å². The zero-order chi connectivity index (χ0) is 14.3. The Labute approximate surface area is 119 Å². The van der Waals surface area contributed by atoms with Gasteiger partial charge in [0.2, 0.25) is 0 Å². The number of nitriles is 3. The van der Waals surface area contributed by atoms with Crippen molar-refractivity contribution in [2.24, 2.45) is 0 Å². The van der Waals surface area contributed by atoms with Crippen LogP contribution in [0, 0.1) is 34.0 Å². The predicted octanol–water partition coefficient (Wildman–Crippen LogP) is 2.83. The van der Waals surface area contributed by atoms with Crippen LogP contribution in [-0.2, 0) is 11.3 Å². The number of nitrogens with zero attached hydrogens (tertiary/aromatic N) is 3. The van der Waals surface area contributed by atoms with Crippen LogP contribution in [0.3, 0.4) is 0 Å². The summed E-state index contributed by atoms with van der Waals surface area (Å²) in [5, 5.41) is 29.3. The van der Waals surface area contributed by atoms with Crippen molar-refractivity contribution < 1.29 is 4.74 Å². The van der Waals surface area contributed by atoms with Crippen LogP contribution in [0.5, 0.6) is 0 Å². The lowest BCUT2D eigenvalue weighted by Gasteiger charge is -2.11. The average molecular weight is 317 g/mol. The fourth-order valence-electron chi connectivity index (χ4n) is 1.36. The molecule has 1 N–H and O–H groups in total. The highest BCUT2D eigenvalue weighted by molar-refractivity contribution is 9.10. The Morgan fingerprint density at radius 3 is 2.47 bits per heavy atom. The summed E-state index contributed by atoms with van der Waals surface area (Å²) >= 11 is 3.32. The van der Waals surface area contributed by atoms with Crippen molar-refractivity contribution in [3.63, 3.8) is 0 Å². The Morgan fingerprint density at radius 2 is 1.95 bits per heavy atom. The minimum atomic E-state index is -0.258. The molecule has 0 bridgehead atoms. The third-order valence-corrected chi connectivity index (χ3v) is 2.71. The number of benzene rings is 1. The lowest BCUT2D eigenvalue weighted by molar-refractivity contribution is 0.185. The Morgan fingerprint density at radius 1 is 1.26 bits per heavy atom. The Balaban J connectivity index is 3.22. The fourth-order valence-corrected chi connectivity index (χ4v) is 1.73. The van der Waals surface area contributed by atoms with E-state index in [1.165, 1.54) is 0 Å². The first-order chi connectivity index (χ1) is 9.15. The van der Waals surface area contributed by atoms with Gasteiger partial charge in [-0.25, -0.2) is 0 Å². The first-order valence-corrected chi connectivity index (χ1v) is 5.94. The van der Waals surface area contributed by atoms with E-state index in [1.54, 1.807) is 25.3 Å². The van der Waals surface area contributed by atoms with Gasteiger partial charge in [0.15, 0.2) is 5.57 Å². The average Bonchev–Trinajstić information content (AvgIpc) is 2.42. The summed E-state index contributed by atoms with van der Waals surface area (Å²) in [5.74, 6) is 0. The number of methoxy groups -OCH3 is 1. The maximum absolute atomic E-state index is 8.99. The zero-order valence-electron chi connectivity index (χ0n) is 10.1. The van der Waals surface area contributed by atoms with Crippen LogP contribution < -0.4 is 5.32 Å². The highest BCUT2D eigenvalue weighted by Crippen LogP contribution is 2.24. The summed E-state index contributed by atoms with van der Waals surface area (Å²) in [5.41, 5.74) is 1.08. The van der Waals surface area contributed by atoms with Gasteiger partial charge in [-0.2, -0.15) is 15.8 Å². The van der Waals surface area contributed by atoms with E-state index in [1.807, 2.05) is 18.2 Å². The lowest BCUT2D eigenvalue weighted by atomic mass is 10.1. The van der Waals surface area contributed by atoms with Gasteiger partial charge in [0.05, 0.1) is 6.61 Å². The molecule has 0 aliphatic rings. The van der Waals surface area contributed by atoms with Crippen LogP contribution in [0.15, 0.2) is 33.9 Å². The number of nitrogens with one attached hydrogen (secondary N) is 1. The zero-order valence-corrected chi connectivity index (χ0v) is 11.7. The first kappa shape index (κ1) is 14.7. The minimum Gasteiger partial charge on any atom is -0.380 e. The van der Waals surface area contributed by atoms with Crippen LogP contribution >= 0.6 is 15.9 Å². The molecule has 0 atom stereocenters. The molecule has 5 nitrogen and oxygen atoms in total. The van der Waals surface area contributed by atoms with Crippen molar-refractivity contribution in [2.45, 2.75) is 6.61 Å². The smallest absolute Gasteiger partial charge is 0.163 e. The summed E-state index contributed by atoms with van der Waals surface area (Å²) in [6.07, 6.45) is 0. The van der Waals surface area contributed by atoms with Crippen molar-refractivity contribution in [3.05, 3.63) is 39.5 Å². The quantitative estimate of drug-likeness (QED) is 0.862. The molecule has 1 rings (SSSR count). The second kappa shape index (κ2) is 7.18. The van der Waals surface area contributed by atoms with E-state index in [2.05, 4.69) is 21.2 Å². The second-order valence-corrected chi connectivity index (χ2v) is 4.36. The fraction of sp³-hybridized carbons (Fsp3) is 0.154. The second-order valence-electron chi connectivity index (χ2n) is 3.44. The molecule has 19 heavy (non-hydrogen) atoms. The number of hydrogen-bond donors (Lipinski definition) is 1. The molecule has 6 heteroatoms. The van der Waals surface area contributed by atoms with E-state index in [4.69, 9.17) is 20.5 Å². The van der Waals surface area contributed by atoms with Crippen molar-refractivity contribution in [2.75, 3.05) is 12.4 Å². The van der Waals surface area contributed by atoms with E-state index in [0.29, 0.717) is 12.3 Å². The lowest BCUT2D eigenvalue weighted by Crippen LogP contribution is -2.04. The number of allylic oxidation sites excluding steroid dienone is 2. The van der Waals surface area contributed by atoms with Crippen LogP contribution in [0.25, 0.3) is 0 Å². The summed E-state index contributed by atoms with van der Waals surface area (Å²) in [6.45, 7) is 0.350. The van der Waals surface area contributed by atoms with Crippen molar-refractivity contribution in [1.82, 2.24) is 0 Å². The normalized spacial score (nSPS) is 8.79. The molecular weight excluding hydrogens is 308 g/mol. The van der Waals surface area contributed by atoms with Crippen molar-refractivity contribution in [3.8, 4) is 18.2 Å². The van der Waals surface area contributed by atoms with Gasteiger partial charge in [0.25, 0.3) is 0 Å². The number of ether oxygens (including phenoxy) is 1. The maximum atomic E-state index is 8.99. The Bertz CT molecular complexity index is 616. The highest BCUT2D eigenvalue weighted by atomic mass is 79.9. The van der Waals surface area contributed by atoms with Crippen molar-refractivity contribution >= 4 is 21.6 Å². The third-order valence-electron chi connectivity index (χ3n) is 2.22. The molecule has 0 aliphatic carbocycles. The molecule has 0 spiro atoms. The molecule has 0 amide bonds. The summed E-state index contributed by atoms with van der Waals surface area (Å²) in [4.78, 5) is 0. The van der Waals surface area contributed by atoms with Gasteiger partial charge in [0, 0.05) is 22.8 Å². The van der Waals surface area contributed by atoms with Gasteiger partial charge in [0.1, 0.15) is 23.9 Å². The number of halogens is 1. The molecule has 0 saturated carbocycles. The van der Waals surface area contributed by atoms with Crippen molar-refractivity contribution in [1.29, 1.82) is 15.8 Å². The number of anilines is 1. The molecule has 0 radical (unpaired) electrons. The van der Waals surface area contributed by atoms with E-state index < -0.39 is 0 Å². The van der Waals surface area contributed by atoms with E-state index in [9.17, 15) is 0 Å². The molecule has 1 aromatic rings. The van der Waals surface area contributed by atoms with Gasteiger partial charge >= 0.3 is 0 Å². The molecule has 0 fully saturated rings.